The maximum absolute atomic E-state index is 10.6. The first-order valence-electron chi connectivity index (χ1n) is 6.05. The molecule has 0 saturated carbocycles. The lowest BCUT2D eigenvalue weighted by Gasteiger charge is -2.08. The van der Waals surface area contributed by atoms with E-state index in [0.29, 0.717) is 5.82 Å². The first kappa shape index (κ1) is 13.0. The summed E-state index contributed by atoms with van der Waals surface area (Å²) in [6.45, 7) is 2.56. The molecule has 2 aromatic rings. The van der Waals surface area contributed by atoms with E-state index in [-0.39, 0.29) is 5.69 Å². The van der Waals surface area contributed by atoms with Gasteiger partial charge < -0.3 is 5.32 Å². The number of hydrogen-bond donors (Lipinski definition) is 1. The monoisotopic (exact) mass is 257 g/mol. The van der Waals surface area contributed by atoms with Gasteiger partial charge in [0, 0.05) is 12.6 Å². The van der Waals surface area contributed by atoms with Crippen molar-refractivity contribution in [3.63, 3.8) is 0 Å². The van der Waals surface area contributed by atoms with Crippen molar-refractivity contribution in [2.75, 3.05) is 11.9 Å². The average molecular weight is 257 g/mol. The highest BCUT2D eigenvalue weighted by molar-refractivity contribution is 5.48. The van der Waals surface area contributed by atoms with Crippen LogP contribution in [0.5, 0.6) is 0 Å². The van der Waals surface area contributed by atoms with Crippen LogP contribution in [0.4, 0.5) is 11.5 Å². The van der Waals surface area contributed by atoms with E-state index >= 15 is 0 Å². The van der Waals surface area contributed by atoms with Crippen molar-refractivity contribution in [2.45, 2.75) is 13.3 Å². The van der Waals surface area contributed by atoms with Crippen LogP contribution < -0.4 is 5.32 Å². The Morgan fingerprint density at radius 3 is 2.68 bits per heavy atom. The highest BCUT2D eigenvalue weighted by Gasteiger charge is 2.08. The number of aromatic nitrogens is 1. The zero-order valence-electron chi connectivity index (χ0n) is 10.7. The average Bonchev–Trinajstić information content (AvgIpc) is 2.41. The van der Waals surface area contributed by atoms with Crippen LogP contribution in [0.2, 0.25) is 0 Å². The van der Waals surface area contributed by atoms with Crippen LogP contribution in [0.25, 0.3) is 0 Å². The normalized spacial score (nSPS) is 10.2. The van der Waals surface area contributed by atoms with Gasteiger partial charge in [0.15, 0.2) is 0 Å². The Morgan fingerprint density at radius 1 is 1.32 bits per heavy atom. The summed E-state index contributed by atoms with van der Waals surface area (Å²) in [4.78, 5) is 14.2. The minimum Gasteiger partial charge on any atom is -0.370 e. The molecule has 0 radical (unpaired) electrons. The van der Waals surface area contributed by atoms with Crippen molar-refractivity contribution >= 4 is 11.5 Å². The lowest BCUT2D eigenvalue weighted by molar-refractivity contribution is -0.385. The summed E-state index contributed by atoms with van der Waals surface area (Å²) in [6, 6.07) is 11.7. The number of nitro groups is 1. The molecule has 0 aliphatic rings. The van der Waals surface area contributed by atoms with Gasteiger partial charge in [0.25, 0.3) is 5.69 Å². The second kappa shape index (κ2) is 5.95. The van der Waals surface area contributed by atoms with Crippen molar-refractivity contribution in [1.29, 1.82) is 0 Å². The molecule has 19 heavy (non-hydrogen) atoms. The first-order valence-corrected chi connectivity index (χ1v) is 6.05. The summed E-state index contributed by atoms with van der Waals surface area (Å²) in [5.41, 5.74) is 2.04. The number of rotatable bonds is 5. The van der Waals surface area contributed by atoms with Crippen molar-refractivity contribution in [3.05, 3.63) is 63.8 Å². The van der Waals surface area contributed by atoms with Crippen LogP contribution in [0.3, 0.4) is 0 Å². The van der Waals surface area contributed by atoms with E-state index in [4.69, 9.17) is 0 Å². The number of pyridine rings is 1. The second-order valence-electron chi connectivity index (χ2n) is 4.28. The van der Waals surface area contributed by atoms with Gasteiger partial charge in [-0.3, -0.25) is 10.1 Å². The first-order chi connectivity index (χ1) is 9.16. The van der Waals surface area contributed by atoms with Crippen LogP contribution in [-0.4, -0.2) is 16.5 Å². The molecule has 0 aliphatic heterocycles. The van der Waals surface area contributed by atoms with Crippen LogP contribution in [0, 0.1) is 17.0 Å². The zero-order valence-corrected chi connectivity index (χ0v) is 10.7. The van der Waals surface area contributed by atoms with Gasteiger partial charge in [-0.1, -0.05) is 30.3 Å². The van der Waals surface area contributed by atoms with Gasteiger partial charge in [-0.15, -0.1) is 0 Å². The quantitative estimate of drug-likeness (QED) is 0.660. The summed E-state index contributed by atoms with van der Waals surface area (Å²) in [5.74, 6) is 0.696. The van der Waals surface area contributed by atoms with Crippen molar-refractivity contribution in [3.8, 4) is 0 Å². The molecule has 0 bridgehead atoms. The summed E-state index contributed by atoms with van der Waals surface area (Å²) in [6.07, 6.45) is 2.16. The molecule has 2 rings (SSSR count). The van der Waals surface area contributed by atoms with Gasteiger partial charge in [-0.2, -0.15) is 0 Å². The molecule has 1 heterocycles. The number of nitrogens with one attached hydrogen (secondary N) is 1. The number of benzene rings is 1. The van der Waals surface area contributed by atoms with E-state index in [0.717, 1.165) is 18.5 Å². The Morgan fingerprint density at radius 2 is 2.05 bits per heavy atom. The van der Waals surface area contributed by atoms with Crippen LogP contribution >= 0.6 is 0 Å². The molecule has 98 valence electrons. The third-order valence-electron chi connectivity index (χ3n) is 2.82. The molecule has 0 atom stereocenters. The molecule has 0 spiro atoms. The van der Waals surface area contributed by atoms with Crippen LogP contribution in [0.15, 0.2) is 42.6 Å². The van der Waals surface area contributed by atoms with Crippen molar-refractivity contribution in [1.82, 2.24) is 4.98 Å². The minimum absolute atomic E-state index is 0.0195. The van der Waals surface area contributed by atoms with E-state index < -0.39 is 4.92 Å². The summed E-state index contributed by atoms with van der Waals surface area (Å²) in [5, 5.41) is 13.8. The largest absolute Gasteiger partial charge is 0.370 e. The van der Waals surface area contributed by atoms with E-state index in [1.807, 2.05) is 25.1 Å². The number of aryl methyl sites for hydroxylation is 1. The van der Waals surface area contributed by atoms with E-state index in [1.54, 1.807) is 0 Å². The predicted octanol–water partition coefficient (Wildman–Crippen LogP) is 2.95. The Balaban J connectivity index is 1.95. The summed E-state index contributed by atoms with van der Waals surface area (Å²) in [7, 11) is 0. The third-order valence-corrected chi connectivity index (χ3v) is 2.82. The van der Waals surface area contributed by atoms with Crippen LogP contribution in [-0.2, 0) is 6.42 Å². The molecule has 1 N–H and O–H groups in total. The van der Waals surface area contributed by atoms with Gasteiger partial charge in [0.05, 0.1) is 4.92 Å². The molecule has 1 aromatic heterocycles. The molecular weight excluding hydrogens is 242 g/mol. The zero-order chi connectivity index (χ0) is 13.7. The van der Waals surface area contributed by atoms with E-state index in [1.165, 1.54) is 17.8 Å². The summed E-state index contributed by atoms with van der Waals surface area (Å²) >= 11 is 0. The molecule has 5 heteroatoms. The molecule has 0 amide bonds. The maximum Gasteiger partial charge on any atom is 0.287 e. The highest BCUT2D eigenvalue weighted by atomic mass is 16.6. The standard InChI is InChI=1S/C14H15N3O2/c1-11-9-13(17(18)19)10-16-14(11)15-8-7-12-5-3-2-4-6-12/h2-6,9-10H,7-8H2,1H3,(H,15,16). The van der Waals surface area contributed by atoms with Gasteiger partial charge in [-0.25, -0.2) is 4.98 Å². The molecular formula is C14H15N3O2. The minimum atomic E-state index is -0.437. The molecule has 0 aliphatic carbocycles. The second-order valence-corrected chi connectivity index (χ2v) is 4.28. The van der Waals surface area contributed by atoms with E-state index in [2.05, 4.69) is 22.4 Å². The van der Waals surface area contributed by atoms with Gasteiger partial charge in [-0.05, 0) is 24.5 Å². The van der Waals surface area contributed by atoms with Gasteiger partial charge in [0.1, 0.15) is 12.0 Å². The molecule has 0 fully saturated rings. The van der Waals surface area contributed by atoms with Gasteiger partial charge >= 0.3 is 0 Å². The fourth-order valence-electron chi connectivity index (χ4n) is 1.81. The van der Waals surface area contributed by atoms with Gasteiger partial charge in [0.2, 0.25) is 0 Å². The number of nitrogens with zero attached hydrogens (tertiary/aromatic N) is 2. The van der Waals surface area contributed by atoms with Crippen molar-refractivity contribution < 1.29 is 4.92 Å². The topological polar surface area (TPSA) is 68.1 Å². The molecule has 0 saturated heterocycles. The lowest BCUT2D eigenvalue weighted by Crippen LogP contribution is -2.07. The lowest BCUT2D eigenvalue weighted by atomic mass is 10.1. The number of anilines is 1. The fraction of sp³-hybridized carbons (Fsp3) is 0.214. The predicted molar refractivity (Wildman–Crippen MR) is 74.3 cm³/mol. The fourth-order valence-corrected chi connectivity index (χ4v) is 1.81. The molecule has 1 aromatic carbocycles. The Kier molecular flexibility index (Phi) is 4.07. The SMILES string of the molecule is Cc1cc([N+](=O)[O-])cnc1NCCc1ccccc1. The van der Waals surface area contributed by atoms with Crippen molar-refractivity contribution in [2.24, 2.45) is 0 Å². The molecule has 5 nitrogen and oxygen atoms in total. The Bertz CT molecular complexity index is 570. The van der Waals surface area contributed by atoms with E-state index in [9.17, 15) is 10.1 Å². The van der Waals surface area contributed by atoms with Crippen LogP contribution in [0.1, 0.15) is 11.1 Å². The Hall–Kier alpha value is -2.43. The smallest absolute Gasteiger partial charge is 0.287 e. The molecule has 0 unspecified atom stereocenters. The highest BCUT2D eigenvalue weighted by Crippen LogP contribution is 2.17. The maximum atomic E-state index is 10.6. The number of hydrogen-bond acceptors (Lipinski definition) is 4. The Labute approximate surface area is 111 Å². The summed E-state index contributed by atoms with van der Waals surface area (Å²) < 4.78 is 0. The third kappa shape index (κ3) is 3.51.